The van der Waals surface area contributed by atoms with Crippen molar-refractivity contribution in [3.63, 3.8) is 0 Å². The van der Waals surface area contributed by atoms with Gasteiger partial charge in [0.15, 0.2) is 11.9 Å². The molecule has 1 fully saturated rings. The first-order valence-corrected chi connectivity index (χ1v) is 3.97. The van der Waals surface area contributed by atoms with Crippen molar-refractivity contribution in [3.8, 4) is 0 Å². The van der Waals surface area contributed by atoms with Crippen molar-refractivity contribution in [3.05, 3.63) is 12.2 Å². The number of carbonyl (C=O) groups is 1. The van der Waals surface area contributed by atoms with Crippen molar-refractivity contribution in [1.29, 1.82) is 0 Å². The van der Waals surface area contributed by atoms with Crippen LogP contribution >= 0.6 is 0 Å². The highest BCUT2D eigenvalue weighted by Gasteiger charge is 2.29. The Morgan fingerprint density at radius 2 is 2.25 bits per heavy atom. The molecule has 0 heterocycles. The van der Waals surface area contributed by atoms with Crippen molar-refractivity contribution < 1.29 is 14.1 Å². The van der Waals surface area contributed by atoms with E-state index >= 15 is 0 Å². The third-order valence-corrected chi connectivity index (χ3v) is 1.76. The molecule has 1 aliphatic carbocycles. The van der Waals surface area contributed by atoms with Gasteiger partial charge in [-0.3, -0.25) is 4.79 Å². The number of Topliss-reactive ketones (excluding diaryl/α,β-unsaturated/α-hetero) is 1. The Bertz CT molecular complexity index is 223. The lowest BCUT2D eigenvalue weighted by atomic mass is 10.2. The minimum absolute atomic E-state index is 0.137. The zero-order chi connectivity index (χ0) is 9.14. The highest BCUT2D eigenvalue weighted by Crippen LogP contribution is 2.21. The second-order valence-corrected chi connectivity index (χ2v) is 3.21. The van der Waals surface area contributed by atoms with Crippen molar-refractivity contribution in [2.24, 2.45) is 0 Å². The largest absolute Gasteiger partial charge is 0.434 e. The van der Waals surface area contributed by atoms with Crippen LogP contribution in [0.4, 0.5) is 0 Å². The van der Waals surface area contributed by atoms with E-state index in [0.29, 0.717) is 6.42 Å². The Hall–Kier alpha value is -1.12. The fourth-order valence-electron chi connectivity index (χ4n) is 1.13. The lowest BCUT2D eigenvalue weighted by Crippen LogP contribution is -2.20. The monoisotopic (exact) mass is 168 g/mol. The van der Waals surface area contributed by atoms with Gasteiger partial charge in [-0.2, -0.15) is 0 Å². The second kappa shape index (κ2) is 3.52. The third kappa shape index (κ3) is 1.94. The molecule has 1 aliphatic rings. The molecule has 1 rings (SSSR count). The van der Waals surface area contributed by atoms with E-state index in [-0.39, 0.29) is 5.78 Å². The van der Waals surface area contributed by atoms with Gasteiger partial charge in [0, 0.05) is 6.42 Å². The molecule has 1 atom stereocenters. The lowest BCUT2D eigenvalue weighted by Gasteiger charge is -2.06. The van der Waals surface area contributed by atoms with Gasteiger partial charge in [0.05, 0.1) is 0 Å². The number of carbonyl (C=O) groups excluding carboxylic acids is 1. The van der Waals surface area contributed by atoms with Gasteiger partial charge < -0.3 is 4.74 Å². The van der Waals surface area contributed by atoms with Crippen LogP contribution in [0, 0.1) is 0 Å². The molecule has 0 amide bonds. The van der Waals surface area contributed by atoms with Crippen molar-refractivity contribution in [2.75, 3.05) is 14.1 Å². The molecule has 0 saturated heterocycles. The molecule has 1 unspecified atom stereocenters. The fraction of sp³-hybridized carbons (Fsp3) is 0.556. The normalized spacial score (nSPS) is 22.7. The van der Waals surface area contributed by atoms with Gasteiger partial charge in [-0.05, 0) is 12.0 Å². The molecule has 12 heavy (non-hydrogen) atoms. The highest BCUT2D eigenvalue weighted by molar-refractivity contribution is 5.90. The Balaban J connectivity index is 2.56. The molecule has 66 valence electrons. The molecule has 0 radical (unpaired) electrons. The van der Waals surface area contributed by atoms with Crippen molar-refractivity contribution >= 4 is 12.2 Å². The van der Waals surface area contributed by atoms with Crippen LogP contribution in [0.5, 0.6) is 0 Å². The molecular weight excluding hydrogens is 154 g/mol. The van der Waals surface area contributed by atoms with Gasteiger partial charge in [-0.25, -0.2) is 4.58 Å². The van der Waals surface area contributed by atoms with Crippen LogP contribution in [0.2, 0.25) is 0 Å². The van der Waals surface area contributed by atoms with Crippen LogP contribution in [0.3, 0.4) is 0 Å². The van der Waals surface area contributed by atoms with Crippen LogP contribution < -0.4 is 0 Å². The maximum Gasteiger partial charge on any atom is 0.324 e. The maximum absolute atomic E-state index is 11.2. The SMILES string of the molecule is C=C1CCC(=O)C1OC=[N+](C)C. The Morgan fingerprint density at radius 1 is 1.58 bits per heavy atom. The molecule has 0 N–H and O–H groups in total. The first-order valence-electron chi connectivity index (χ1n) is 3.97. The summed E-state index contributed by atoms with van der Waals surface area (Å²) in [5, 5.41) is 0. The van der Waals surface area contributed by atoms with E-state index in [1.54, 1.807) is 11.0 Å². The quantitative estimate of drug-likeness (QED) is 0.261. The van der Waals surface area contributed by atoms with Gasteiger partial charge in [0.1, 0.15) is 14.1 Å². The summed E-state index contributed by atoms with van der Waals surface area (Å²) in [5.41, 5.74) is 0.887. The number of hydrogen-bond acceptors (Lipinski definition) is 2. The van der Waals surface area contributed by atoms with Gasteiger partial charge in [0.25, 0.3) is 0 Å². The average Bonchev–Trinajstić information content (AvgIpc) is 2.28. The van der Waals surface area contributed by atoms with Crippen LogP contribution in [-0.4, -0.2) is 37.0 Å². The van der Waals surface area contributed by atoms with E-state index in [1.165, 1.54) is 0 Å². The fourth-order valence-corrected chi connectivity index (χ4v) is 1.13. The molecule has 0 aromatic rings. The highest BCUT2D eigenvalue weighted by atomic mass is 16.5. The number of hydrogen-bond donors (Lipinski definition) is 0. The first kappa shape index (κ1) is 8.97. The van der Waals surface area contributed by atoms with Gasteiger partial charge in [0.2, 0.25) is 0 Å². The molecule has 0 aromatic heterocycles. The lowest BCUT2D eigenvalue weighted by molar-refractivity contribution is -0.468. The number of nitrogens with zero attached hydrogens (tertiary/aromatic N) is 1. The van der Waals surface area contributed by atoms with Gasteiger partial charge in [-0.1, -0.05) is 6.58 Å². The summed E-state index contributed by atoms with van der Waals surface area (Å²) >= 11 is 0. The average molecular weight is 168 g/mol. The van der Waals surface area contributed by atoms with E-state index in [0.717, 1.165) is 12.0 Å². The van der Waals surface area contributed by atoms with E-state index in [1.807, 2.05) is 14.1 Å². The number of ketones is 1. The summed E-state index contributed by atoms with van der Waals surface area (Å²) in [6.45, 7) is 3.78. The summed E-state index contributed by atoms with van der Waals surface area (Å²) in [5.74, 6) is 0.137. The zero-order valence-corrected chi connectivity index (χ0v) is 7.54. The van der Waals surface area contributed by atoms with E-state index < -0.39 is 6.10 Å². The molecule has 0 spiro atoms. The summed E-state index contributed by atoms with van der Waals surface area (Å²) in [4.78, 5) is 11.2. The minimum atomic E-state index is -0.396. The van der Waals surface area contributed by atoms with Crippen LogP contribution in [0.1, 0.15) is 12.8 Å². The van der Waals surface area contributed by atoms with Crippen molar-refractivity contribution in [1.82, 2.24) is 0 Å². The minimum Gasteiger partial charge on any atom is -0.434 e. The summed E-state index contributed by atoms with van der Waals surface area (Å²) in [6.07, 6.45) is 2.49. The number of ether oxygens (including phenoxy) is 1. The predicted molar refractivity (Wildman–Crippen MR) is 46.4 cm³/mol. The summed E-state index contributed by atoms with van der Waals surface area (Å²) in [6, 6.07) is 0. The standard InChI is InChI=1S/C9H14NO2/c1-7-4-5-8(11)9(7)12-6-10(2)3/h6,9H,1,4-5H2,2-3H3/q+1. The van der Waals surface area contributed by atoms with Gasteiger partial charge in [-0.15, -0.1) is 0 Å². The zero-order valence-electron chi connectivity index (χ0n) is 7.54. The van der Waals surface area contributed by atoms with E-state index in [4.69, 9.17) is 4.74 Å². The molecule has 0 bridgehead atoms. The Kier molecular flexibility index (Phi) is 2.63. The van der Waals surface area contributed by atoms with Crippen LogP contribution in [0.25, 0.3) is 0 Å². The topological polar surface area (TPSA) is 29.3 Å². The molecule has 0 aliphatic heterocycles. The predicted octanol–water partition coefficient (Wildman–Crippen LogP) is 0.591. The molecule has 1 saturated carbocycles. The molecule has 3 heteroatoms. The van der Waals surface area contributed by atoms with E-state index in [9.17, 15) is 4.79 Å². The van der Waals surface area contributed by atoms with E-state index in [2.05, 4.69) is 6.58 Å². The number of rotatable bonds is 2. The molecular formula is C9H14NO2+. The first-order chi connectivity index (χ1) is 5.61. The van der Waals surface area contributed by atoms with Crippen LogP contribution in [-0.2, 0) is 9.53 Å². The smallest absolute Gasteiger partial charge is 0.324 e. The third-order valence-electron chi connectivity index (χ3n) is 1.76. The van der Waals surface area contributed by atoms with Gasteiger partial charge >= 0.3 is 6.40 Å². The molecule has 0 aromatic carbocycles. The van der Waals surface area contributed by atoms with Crippen molar-refractivity contribution in [2.45, 2.75) is 18.9 Å². The second-order valence-electron chi connectivity index (χ2n) is 3.21. The summed E-state index contributed by atoms with van der Waals surface area (Å²) in [7, 11) is 3.70. The maximum atomic E-state index is 11.2. The Morgan fingerprint density at radius 3 is 2.67 bits per heavy atom. The molecule has 3 nitrogen and oxygen atoms in total. The summed E-state index contributed by atoms with van der Waals surface area (Å²) < 4.78 is 7.00. The van der Waals surface area contributed by atoms with Crippen LogP contribution in [0.15, 0.2) is 12.2 Å². The Labute approximate surface area is 72.3 Å².